The highest BCUT2D eigenvalue weighted by molar-refractivity contribution is 6.41. The summed E-state index contributed by atoms with van der Waals surface area (Å²) in [6.07, 6.45) is 3.79. The Bertz CT molecular complexity index is 1600. The fourth-order valence-electron chi connectivity index (χ4n) is 4.30. The number of aryl methyl sites for hydroxylation is 1. The second-order valence-corrected chi connectivity index (χ2v) is 10.4. The molecular weight excluding hydrogens is 577 g/mol. The van der Waals surface area contributed by atoms with Gasteiger partial charge in [0.05, 0.1) is 41.3 Å². The summed E-state index contributed by atoms with van der Waals surface area (Å²) in [5.74, 6) is 1.35. The SMILES string of the molecule is C=CC(=O)Nc1cccc(C)c1Nc1ncc2cc(-c3c(Cl)c(OC)cc(OC)c3Cl)nc(NCCCN(C)C)c2n1. The maximum atomic E-state index is 12.0. The molecular formula is C30H33Cl2N7O3. The summed E-state index contributed by atoms with van der Waals surface area (Å²) in [7, 11) is 7.09. The number of benzene rings is 2. The van der Waals surface area contributed by atoms with Crippen molar-refractivity contribution in [2.24, 2.45) is 0 Å². The van der Waals surface area contributed by atoms with E-state index in [1.807, 2.05) is 39.2 Å². The molecule has 2 heterocycles. The minimum atomic E-state index is -0.324. The summed E-state index contributed by atoms with van der Waals surface area (Å²) in [5, 5.41) is 10.8. The summed E-state index contributed by atoms with van der Waals surface area (Å²) in [4.78, 5) is 28.4. The minimum absolute atomic E-state index is 0.307. The van der Waals surface area contributed by atoms with Gasteiger partial charge in [0, 0.05) is 29.8 Å². The molecule has 0 aliphatic rings. The molecule has 0 radical (unpaired) electrons. The van der Waals surface area contributed by atoms with Gasteiger partial charge in [-0.1, -0.05) is 41.9 Å². The van der Waals surface area contributed by atoms with Gasteiger partial charge >= 0.3 is 0 Å². The third-order valence-corrected chi connectivity index (χ3v) is 7.17. The van der Waals surface area contributed by atoms with Crippen molar-refractivity contribution in [1.82, 2.24) is 19.9 Å². The van der Waals surface area contributed by atoms with Crippen LogP contribution in [0.5, 0.6) is 11.5 Å². The van der Waals surface area contributed by atoms with Gasteiger partial charge in [-0.2, -0.15) is 0 Å². The number of carbonyl (C=O) groups excluding carboxylic acids is 1. The molecule has 2 aromatic carbocycles. The average molecular weight is 611 g/mol. The third kappa shape index (κ3) is 6.84. The van der Waals surface area contributed by atoms with Crippen molar-refractivity contribution in [3.63, 3.8) is 0 Å². The van der Waals surface area contributed by atoms with Crippen molar-refractivity contribution in [3.8, 4) is 22.8 Å². The zero-order valence-electron chi connectivity index (χ0n) is 24.1. The average Bonchev–Trinajstić information content (AvgIpc) is 2.97. The second kappa shape index (κ2) is 13.7. The molecule has 4 rings (SSSR count). The van der Waals surface area contributed by atoms with Gasteiger partial charge in [-0.25, -0.2) is 15.0 Å². The van der Waals surface area contributed by atoms with Gasteiger partial charge in [0.15, 0.2) is 5.82 Å². The van der Waals surface area contributed by atoms with Crippen LogP contribution in [0.2, 0.25) is 10.0 Å². The molecule has 0 unspecified atom stereocenters. The highest BCUT2D eigenvalue weighted by Gasteiger charge is 2.22. The van der Waals surface area contributed by atoms with Crippen molar-refractivity contribution in [2.75, 3.05) is 57.4 Å². The number of methoxy groups -OCH3 is 2. The van der Waals surface area contributed by atoms with E-state index in [0.29, 0.717) is 73.4 Å². The number of nitrogens with one attached hydrogen (secondary N) is 3. The van der Waals surface area contributed by atoms with Crippen LogP contribution < -0.4 is 25.4 Å². The van der Waals surface area contributed by atoms with Gasteiger partial charge < -0.3 is 30.3 Å². The Labute approximate surface area is 255 Å². The fourth-order valence-corrected chi connectivity index (χ4v) is 4.99. The van der Waals surface area contributed by atoms with Crippen LogP contribution in [-0.4, -0.2) is 67.2 Å². The van der Waals surface area contributed by atoms with E-state index >= 15 is 0 Å². The third-order valence-electron chi connectivity index (χ3n) is 6.42. The first-order chi connectivity index (χ1) is 20.2. The highest BCUT2D eigenvalue weighted by atomic mass is 35.5. The minimum Gasteiger partial charge on any atom is -0.495 e. The van der Waals surface area contributed by atoms with Crippen molar-refractivity contribution in [2.45, 2.75) is 13.3 Å². The molecule has 3 N–H and O–H groups in total. The van der Waals surface area contributed by atoms with Gasteiger partial charge in [0.25, 0.3) is 0 Å². The molecule has 4 aromatic rings. The largest absolute Gasteiger partial charge is 0.495 e. The molecule has 12 heteroatoms. The molecule has 2 aromatic heterocycles. The standard InChI is InChI=1S/C30H33Cl2N7O3/c1-7-23(40)35-19-11-8-10-17(2)27(19)37-30-34-16-18-14-20(24-25(31)21(41-5)15-22(42-6)26(24)32)36-29(28(18)38-30)33-12-9-13-39(3)4/h7-8,10-11,14-16H,1,9,12-13H2,2-6H3,(H,33,36)(H,35,40)(H,34,37,38). The highest BCUT2D eigenvalue weighted by Crippen LogP contribution is 2.46. The summed E-state index contributed by atoms with van der Waals surface area (Å²) < 4.78 is 10.9. The van der Waals surface area contributed by atoms with Crippen molar-refractivity contribution >= 4 is 63.2 Å². The first-order valence-corrected chi connectivity index (χ1v) is 13.9. The number of carbonyl (C=O) groups is 1. The number of hydrogen-bond donors (Lipinski definition) is 3. The van der Waals surface area contributed by atoms with Crippen LogP contribution >= 0.6 is 23.2 Å². The van der Waals surface area contributed by atoms with Gasteiger partial charge in [0.1, 0.15) is 17.0 Å². The van der Waals surface area contributed by atoms with Crippen molar-refractivity contribution < 1.29 is 14.3 Å². The number of rotatable bonds is 12. The van der Waals surface area contributed by atoms with Gasteiger partial charge in [-0.05, 0) is 57.8 Å². The smallest absolute Gasteiger partial charge is 0.247 e. The van der Waals surface area contributed by atoms with Gasteiger partial charge in [-0.3, -0.25) is 4.79 Å². The van der Waals surface area contributed by atoms with Crippen LogP contribution in [0.15, 0.2) is 49.2 Å². The predicted molar refractivity (Wildman–Crippen MR) is 171 cm³/mol. The molecule has 42 heavy (non-hydrogen) atoms. The number of aromatic nitrogens is 3. The molecule has 1 amide bonds. The quantitative estimate of drug-likeness (QED) is 0.121. The molecule has 0 atom stereocenters. The molecule has 220 valence electrons. The maximum Gasteiger partial charge on any atom is 0.247 e. The summed E-state index contributed by atoms with van der Waals surface area (Å²) >= 11 is 13.5. The molecule has 0 spiro atoms. The van der Waals surface area contributed by atoms with E-state index in [9.17, 15) is 4.79 Å². The number of ether oxygens (including phenoxy) is 2. The fraction of sp³-hybridized carbons (Fsp3) is 0.267. The van der Waals surface area contributed by atoms with E-state index in [2.05, 4.69) is 32.4 Å². The number of anilines is 4. The Morgan fingerprint density at radius 3 is 2.45 bits per heavy atom. The number of nitrogens with zero attached hydrogens (tertiary/aromatic N) is 4. The zero-order valence-corrected chi connectivity index (χ0v) is 25.7. The van der Waals surface area contributed by atoms with E-state index in [1.165, 1.54) is 20.3 Å². The number of amides is 1. The summed E-state index contributed by atoms with van der Waals surface area (Å²) in [5.41, 5.74) is 3.70. The molecule has 10 nitrogen and oxygen atoms in total. The lowest BCUT2D eigenvalue weighted by molar-refractivity contribution is -0.111. The molecule has 0 fully saturated rings. The number of hydrogen-bond acceptors (Lipinski definition) is 9. The first-order valence-electron chi connectivity index (χ1n) is 13.1. The Morgan fingerprint density at radius 2 is 1.81 bits per heavy atom. The number of para-hydroxylation sites is 1. The van der Waals surface area contributed by atoms with Gasteiger partial charge in [0.2, 0.25) is 11.9 Å². The summed E-state index contributed by atoms with van der Waals surface area (Å²) in [6.45, 7) is 7.00. The van der Waals surface area contributed by atoms with E-state index in [-0.39, 0.29) is 5.91 Å². The van der Waals surface area contributed by atoms with Crippen molar-refractivity contribution in [1.29, 1.82) is 0 Å². The lowest BCUT2D eigenvalue weighted by Crippen LogP contribution is -2.17. The topological polar surface area (TPSA) is 114 Å². The molecule has 0 bridgehead atoms. The number of fused-ring (bicyclic) bond motifs is 1. The van der Waals surface area contributed by atoms with Crippen LogP contribution in [-0.2, 0) is 4.79 Å². The molecule has 0 saturated carbocycles. The first kappa shape index (κ1) is 30.8. The van der Waals surface area contributed by atoms with Gasteiger partial charge in [-0.15, -0.1) is 0 Å². The molecule has 0 aliphatic carbocycles. The second-order valence-electron chi connectivity index (χ2n) is 9.67. The Balaban J connectivity index is 1.82. The maximum absolute atomic E-state index is 12.0. The van der Waals surface area contributed by atoms with Crippen LogP contribution in [0.1, 0.15) is 12.0 Å². The lowest BCUT2D eigenvalue weighted by Gasteiger charge is -2.17. The van der Waals surface area contributed by atoms with Crippen molar-refractivity contribution in [3.05, 3.63) is 64.8 Å². The molecule has 0 aliphatic heterocycles. The monoisotopic (exact) mass is 609 g/mol. The predicted octanol–water partition coefficient (Wildman–Crippen LogP) is 6.56. The van der Waals surface area contributed by atoms with E-state index in [4.69, 9.17) is 42.6 Å². The normalized spacial score (nSPS) is 11.0. The lowest BCUT2D eigenvalue weighted by atomic mass is 10.1. The van der Waals surface area contributed by atoms with Crippen LogP contribution in [0.3, 0.4) is 0 Å². The van der Waals surface area contributed by atoms with Crippen LogP contribution in [0, 0.1) is 6.92 Å². The van der Waals surface area contributed by atoms with E-state index in [0.717, 1.165) is 18.5 Å². The van der Waals surface area contributed by atoms with Crippen LogP contribution in [0.25, 0.3) is 22.2 Å². The zero-order chi connectivity index (χ0) is 30.4. The van der Waals surface area contributed by atoms with E-state index < -0.39 is 0 Å². The summed E-state index contributed by atoms with van der Waals surface area (Å²) in [6, 6.07) is 9.02. The Hall–Kier alpha value is -4.12. The number of pyridine rings is 1. The number of halogens is 2. The molecule has 0 saturated heterocycles. The Morgan fingerprint density at radius 1 is 1.10 bits per heavy atom. The Kier molecular flexibility index (Phi) is 10.1. The van der Waals surface area contributed by atoms with Crippen LogP contribution in [0.4, 0.5) is 23.1 Å². The van der Waals surface area contributed by atoms with E-state index in [1.54, 1.807) is 18.3 Å².